The van der Waals surface area contributed by atoms with Crippen molar-refractivity contribution >= 4 is 23.2 Å². The van der Waals surface area contributed by atoms with Gasteiger partial charge < -0.3 is 9.64 Å². The standard InChI is InChI=1S/C10H13ClN4O2/c11-8-5-7(15-1-3-17-4-2-15)6-13-9(8)10(16)14-12/h5-6H,1-4,12H2,(H,14,16). The van der Waals surface area contributed by atoms with Crippen molar-refractivity contribution in [3.63, 3.8) is 0 Å². The number of nitrogen functional groups attached to an aromatic ring is 1. The highest BCUT2D eigenvalue weighted by Crippen LogP contribution is 2.22. The third-order valence-electron chi connectivity index (χ3n) is 2.55. The Morgan fingerprint density at radius 3 is 2.82 bits per heavy atom. The van der Waals surface area contributed by atoms with E-state index in [1.165, 1.54) is 0 Å². The molecule has 1 fully saturated rings. The molecule has 2 rings (SSSR count). The molecule has 0 saturated carbocycles. The first kappa shape index (κ1) is 12.1. The number of rotatable bonds is 2. The van der Waals surface area contributed by atoms with Gasteiger partial charge in [0, 0.05) is 13.1 Å². The summed E-state index contributed by atoms with van der Waals surface area (Å²) < 4.78 is 5.26. The van der Waals surface area contributed by atoms with E-state index in [0.29, 0.717) is 13.2 Å². The van der Waals surface area contributed by atoms with Crippen LogP contribution in [-0.4, -0.2) is 37.2 Å². The summed E-state index contributed by atoms with van der Waals surface area (Å²) in [5.74, 6) is 4.53. The summed E-state index contributed by atoms with van der Waals surface area (Å²) in [6.45, 7) is 2.95. The second-order valence-corrected chi connectivity index (χ2v) is 4.00. The summed E-state index contributed by atoms with van der Waals surface area (Å²) in [5, 5.41) is 0.289. The van der Waals surface area contributed by atoms with Gasteiger partial charge in [-0.2, -0.15) is 0 Å². The number of hydrogen-bond acceptors (Lipinski definition) is 5. The Bertz CT molecular complexity index is 421. The fraction of sp³-hybridized carbons (Fsp3) is 0.400. The first-order chi connectivity index (χ1) is 8.22. The molecule has 7 heteroatoms. The summed E-state index contributed by atoms with van der Waals surface area (Å²) in [7, 11) is 0. The summed E-state index contributed by atoms with van der Waals surface area (Å²) in [6, 6.07) is 1.71. The first-order valence-corrected chi connectivity index (χ1v) is 5.59. The van der Waals surface area contributed by atoms with E-state index in [4.69, 9.17) is 22.2 Å². The van der Waals surface area contributed by atoms with Crippen LogP contribution in [-0.2, 0) is 4.74 Å². The maximum Gasteiger partial charge on any atom is 0.285 e. The summed E-state index contributed by atoms with van der Waals surface area (Å²) in [6.07, 6.45) is 1.61. The number of morpholine rings is 1. The third-order valence-corrected chi connectivity index (χ3v) is 2.84. The molecule has 0 radical (unpaired) electrons. The molecule has 0 bridgehead atoms. The van der Waals surface area contributed by atoms with E-state index in [-0.39, 0.29) is 10.7 Å². The van der Waals surface area contributed by atoms with Crippen molar-refractivity contribution < 1.29 is 9.53 Å². The molecule has 2 heterocycles. The van der Waals surface area contributed by atoms with Crippen molar-refractivity contribution in [2.75, 3.05) is 31.2 Å². The Kier molecular flexibility index (Phi) is 3.78. The Hall–Kier alpha value is -1.37. The minimum absolute atomic E-state index is 0.131. The fourth-order valence-corrected chi connectivity index (χ4v) is 1.90. The monoisotopic (exact) mass is 256 g/mol. The SMILES string of the molecule is NNC(=O)c1ncc(N2CCOCC2)cc1Cl. The molecule has 1 saturated heterocycles. The van der Waals surface area contributed by atoms with Crippen LogP contribution in [0.25, 0.3) is 0 Å². The average molecular weight is 257 g/mol. The third kappa shape index (κ3) is 2.66. The number of nitrogens with one attached hydrogen (secondary N) is 1. The van der Waals surface area contributed by atoms with E-state index in [0.717, 1.165) is 18.8 Å². The van der Waals surface area contributed by atoms with Crippen molar-refractivity contribution in [1.29, 1.82) is 0 Å². The number of halogens is 1. The second kappa shape index (κ2) is 5.31. The molecule has 0 aliphatic carbocycles. The second-order valence-electron chi connectivity index (χ2n) is 3.60. The Balaban J connectivity index is 2.20. The highest BCUT2D eigenvalue weighted by molar-refractivity contribution is 6.33. The number of carbonyl (C=O) groups excluding carboxylic acids is 1. The van der Waals surface area contributed by atoms with E-state index in [1.54, 1.807) is 12.3 Å². The topological polar surface area (TPSA) is 80.5 Å². The van der Waals surface area contributed by atoms with Crippen LogP contribution in [0.5, 0.6) is 0 Å². The van der Waals surface area contributed by atoms with Gasteiger partial charge in [-0.15, -0.1) is 0 Å². The summed E-state index contributed by atoms with van der Waals surface area (Å²) >= 11 is 5.99. The number of ether oxygens (including phenoxy) is 1. The van der Waals surface area contributed by atoms with Crippen LogP contribution in [0.1, 0.15) is 10.5 Å². The lowest BCUT2D eigenvalue weighted by Gasteiger charge is -2.28. The van der Waals surface area contributed by atoms with Crippen LogP contribution >= 0.6 is 11.6 Å². The van der Waals surface area contributed by atoms with Gasteiger partial charge in [0.05, 0.1) is 30.1 Å². The molecule has 92 valence electrons. The van der Waals surface area contributed by atoms with Crippen LogP contribution in [0.2, 0.25) is 5.02 Å². The van der Waals surface area contributed by atoms with Gasteiger partial charge in [0.15, 0.2) is 0 Å². The quantitative estimate of drug-likeness (QED) is 0.448. The zero-order valence-electron chi connectivity index (χ0n) is 9.15. The Morgan fingerprint density at radius 2 is 2.24 bits per heavy atom. The molecule has 1 amide bonds. The number of carbonyl (C=O) groups is 1. The number of pyridine rings is 1. The van der Waals surface area contributed by atoms with Crippen molar-refractivity contribution in [2.45, 2.75) is 0 Å². The zero-order chi connectivity index (χ0) is 12.3. The van der Waals surface area contributed by atoms with E-state index >= 15 is 0 Å². The smallest absolute Gasteiger partial charge is 0.285 e. The maximum absolute atomic E-state index is 11.3. The highest BCUT2D eigenvalue weighted by Gasteiger charge is 2.16. The van der Waals surface area contributed by atoms with Crippen molar-refractivity contribution in [2.24, 2.45) is 5.84 Å². The van der Waals surface area contributed by atoms with Crippen LogP contribution in [0, 0.1) is 0 Å². The van der Waals surface area contributed by atoms with Crippen LogP contribution in [0.15, 0.2) is 12.3 Å². The van der Waals surface area contributed by atoms with Crippen LogP contribution < -0.4 is 16.2 Å². The lowest BCUT2D eigenvalue weighted by atomic mass is 10.3. The normalized spacial score (nSPS) is 15.8. The predicted molar refractivity (Wildman–Crippen MR) is 63.9 cm³/mol. The molecule has 6 nitrogen and oxygen atoms in total. The molecule has 0 aromatic carbocycles. The van der Waals surface area contributed by atoms with Gasteiger partial charge in [-0.1, -0.05) is 11.6 Å². The fourth-order valence-electron chi connectivity index (χ4n) is 1.66. The molecule has 1 aromatic heterocycles. The number of anilines is 1. The number of aromatic nitrogens is 1. The average Bonchev–Trinajstić information content (AvgIpc) is 2.39. The summed E-state index contributed by atoms with van der Waals surface area (Å²) in [5.41, 5.74) is 3.01. The minimum atomic E-state index is -0.497. The zero-order valence-corrected chi connectivity index (χ0v) is 9.91. The summed E-state index contributed by atoms with van der Waals surface area (Å²) in [4.78, 5) is 17.4. The predicted octanol–water partition coefficient (Wildman–Crippen LogP) is 0.175. The lowest BCUT2D eigenvalue weighted by molar-refractivity contribution is 0.0948. The highest BCUT2D eigenvalue weighted by atomic mass is 35.5. The number of hydrogen-bond donors (Lipinski definition) is 2. The molecule has 17 heavy (non-hydrogen) atoms. The molecule has 1 aliphatic heterocycles. The van der Waals surface area contributed by atoms with E-state index < -0.39 is 5.91 Å². The lowest BCUT2D eigenvalue weighted by Crippen LogP contribution is -2.36. The number of hydrazine groups is 1. The maximum atomic E-state index is 11.3. The van der Waals surface area contributed by atoms with Gasteiger partial charge in [0.2, 0.25) is 0 Å². The molecule has 0 unspecified atom stereocenters. The Morgan fingerprint density at radius 1 is 1.53 bits per heavy atom. The molecule has 3 N–H and O–H groups in total. The van der Waals surface area contributed by atoms with Gasteiger partial charge in [0.1, 0.15) is 5.69 Å². The molecule has 0 atom stereocenters. The number of nitrogens with two attached hydrogens (primary N) is 1. The van der Waals surface area contributed by atoms with Crippen molar-refractivity contribution in [3.8, 4) is 0 Å². The number of amides is 1. The van der Waals surface area contributed by atoms with Gasteiger partial charge in [0.25, 0.3) is 5.91 Å². The van der Waals surface area contributed by atoms with Gasteiger partial charge in [-0.25, -0.2) is 10.8 Å². The first-order valence-electron chi connectivity index (χ1n) is 5.21. The molecule has 1 aliphatic rings. The van der Waals surface area contributed by atoms with Gasteiger partial charge >= 0.3 is 0 Å². The molecular weight excluding hydrogens is 244 g/mol. The van der Waals surface area contributed by atoms with E-state index in [9.17, 15) is 4.79 Å². The minimum Gasteiger partial charge on any atom is -0.378 e. The van der Waals surface area contributed by atoms with Crippen LogP contribution in [0.3, 0.4) is 0 Å². The Labute approximate surface area is 104 Å². The van der Waals surface area contributed by atoms with Gasteiger partial charge in [-0.3, -0.25) is 10.2 Å². The van der Waals surface area contributed by atoms with E-state index in [1.807, 2.05) is 5.43 Å². The molecular formula is C10H13ClN4O2. The number of nitrogens with zero attached hydrogens (tertiary/aromatic N) is 2. The largest absolute Gasteiger partial charge is 0.378 e. The van der Waals surface area contributed by atoms with Crippen LogP contribution in [0.4, 0.5) is 5.69 Å². The van der Waals surface area contributed by atoms with Crippen molar-refractivity contribution in [3.05, 3.63) is 23.0 Å². The van der Waals surface area contributed by atoms with E-state index in [2.05, 4.69) is 9.88 Å². The molecule has 0 spiro atoms. The van der Waals surface area contributed by atoms with Crippen molar-refractivity contribution in [1.82, 2.24) is 10.4 Å². The molecule has 1 aromatic rings. The van der Waals surface area contributed by atoms with Gasteiger partial charge in [-0.05, 0) is 6.07 Å².